The van der Waals surface area contributed by atoms with E-state index in [1.165, 1.54) is 0 Å². The highest BCUT2D eigenvalue weighted by Crippen LogP contribution is 2.20. The summed E-state index contributed by atoms with van der Waals surface area (Å²) < 4.78 is 6.17. The highest BCUT2D eigenvalue weighted by Gasteiger charge is 2.30. The van der Waals surface area contributed by atoms with Crippen molar-refractivity contribution in [1.29, 1.82) is 0 Å². The summed E-state index contributed by atoms with van der Waals surface area (Å²) in [6.07, 6.45) is -0.0892. The Bertz CT molecular complexity index is 532. The van der Waals surface area contributed by atoms with Gasteiger partial charge in [-0.1, -0.05) is 11.6 Å². The van der Waals surface area contributed by atoms with Gasteiger partial charge in [0, 0.05) is 10.1 Å². The van der Waals surface area contributed by atoms with Gasteiger partial charge in [0.1, 0.15) is 0 Å². The molecule has 1 aromatic carbocycles. The number of aliphatic carboxylic acids is 1. The van der Waals surface area contributed by atoms with E-state index in [4.69, 9.17) is 9.84 Å². The largest absolute Gasteiger partial charge is 0.481 e. The summed E-state index contributed by atoms with van der Waals surface area (Å²) in [6, 6.07) is 5.30. The van der Waals surface area contributed by atoms with Crippen molar-refractivity contribution >= 4 is 34.5 Å². The smallest absolute Gasteiger partial charge is 0.305 e. The first-order valence-electron chi connectivity index (χ1n) is 6.35. The molecule has 108 valence electrons. The summed E-state index contributed by atoms with van der Waals surface area (Å²) in [7, 11) is 0. The first-order chi connectivity index (χ1) is 9.49. The molecule has 1 amide bonds. The predicted molar refractivity (Wildman–Crippen MR) is 81.8 cm³/mol. The number of ether oxygens (including phenoxy) is 1. The third-order valence-corrected chi connectivity index (χ3v) is 4.19. The molecule has 1 saturated heterocycles. The van der Waals surface area contributed by atoms with Crippen LogP contribution in [0.3, 0.4) is 0 Å². The molecular weight excluding hydrogens is 373 g/mol. The molecule has 1 aliphatic heterocycles. The zero-order chi connectivity index (χ0) is 14.7. The average molecular weight is 389 g/mol. The Kier molecular flexibility index (Phi) is 4.98. The number of halogens is 1. The number of nitrogens with zero attached hydrogens (tertiary/aromatic N) is 1. The summed E-state index contributed by atoms with van der Waals surface area (Å²) in [5.41, 5.74) is 1.64. The molecule has 1 aliphatic rings. The topological polar surface area (TPSA) is 66.8 Å². The number of benzene rings is 1. The van der Waals surface area contributed by atoms with Gasteiger partial charge in [-0.15, -0.1) is 0 Å². The molecule has 0 saturated carbocycles. The first-order valence-corrected chi connectivity index (χ1v) is 7.43. The molecule has 1 aromatic rings. The van der Waals surface area contributed by atoms with Crippen LogP contribution < -0.4 is 0 Å². The second-order valence-corrected chi connectivity index (χ2v) is 5.97. The van der Waals surface area contributed by atoms with Gasteiger partial charge in [-0.05, 0) is 41.6 Å². The van der Waals surface area contributed by atoms with E-state index < -0.39 is 12.0 Å². The van der Waals surface area contributed by atoms with Crippen molar-refractivity contribution in [2.45, 2.75) is 19.4 Å². The van der Waals surface area contributed by atoms with Crippen molar-refractivity contribution in [3.05, 3.63) is 32.9 Å². The third-order valence-electron chi connectivity index (χ3n) is 3.25. The number of carboxylic acid groups (broad SMARTS) is 1. The van der Waals surface area contributed by atoms with Gasteiger partial charge in [0.15, 0.2) is 0 Å². The number of carbonyl (C=O) groups is 2. The minimum atomic E-state index is -0.919. The van der Waals surface area contributed by atoms with E-state index in [1.807, 2.05) is 25.1 Å². The van der Waals surface area contributed by atoms with Crippen LogP contribution in [0.5, 0.6) is 0 Å². The highest BCUT2D eigenvalue weighted by atomic mass is 127. The number of hydrogen-bond acceptors (Lipinski definition) is 3. The molecule has 6 heteroatoms. The van der Waals surface area contributed by atoms with Crippen molar-refractivity contribution in [3.8, 4) is 0 Å². The number of carbonyl (C=O) groups excluding carboxylic acids is 1. The fourth-order valence-corrected chi connectivity index (χ4v) is 2.82. The minimum Gasteiger partial charge on any atom is -0.481 e. The van der Waals surface area contributed by atoms with Gasteiger partial charge in [-0.25, -0.2) is 0 Å². The maximum Gasteiger partial charge on any atom is 0.305 e. The van der Waals surface area contributed by atoms with Crippen LogP contribution in [-0.4, -0.2) is 47.7 Å². The molecule has 0 bridgehead atoms. The van der Waals surface area contributed by atoms with Crippen molar-refractivity contribution in [2.24, 2.45) is 0 Å². The third kappa shape index (κ3) is 3.49. The van der Waals surface area contributed by atoms with Crippen LogP contribution in [0.25, 0.3) is 0 Å². The zero-order valence-corrected chi connectivity index (χ0v) is 13.3. The van der Waals surface area contributed by atoms with E-state index in [0.29, 0.717) is 18.7 Å². The van der Waals surface area contributed by atoms with Crippen LogP contribution in [0.2, 0.25) is 0 Å². The monoisotopic (exact) mass is 389 g/mol. The standard InChI is InChI=1S/C14H16INO4/c1-9-2-3-12(15)11(6-9)14(19)16-4-5-20-8-10(16)7-13(17)18/h2-3,6,10H,4-5,7-8H2,1H3,(H,17,18). The Balaban J connectivity index is 2.25. The molecule has 20 heavy (non-hydrogen) atoms. The quantitative estimate of drug-likeness (QED) is 0.803. The number of rotatable bonds is 3. The lowest BCUT2D eigenvalue weighted by atomic mass is 10.1. The van der Waals surface area contributed by atoms with Gasteiger partial charge in [0.05, 0.1) is 31.2 Å². The zero-order valence-electron chi connectivity index (χ0n) is 11.1. The molecule has 1 heterocycles. The maximum absolute atomic E-state index is 12.6. The fourth-order valence-electron chi connectivity index (χ4n) is 2.25. The molecule has 2 rings (SSSR count). The van der Waals surface area contributed by atoms with Crippen LogP contribution in [0.15, 0.2) is 18.2 Å². The van der Waals surface area contributed by atoms with Crippen LogP contribution in [0, 0.1) is 10.5 Å². The lowest BCUT2D eigenvalue weighted by molar-refractivity contribution is -0.139. The molecule has 0 radical (unpaired) electrons. The molecule has 1 fully saturated rings. The van der Waals surface area contributed by atoms with E-state index in [9.17, 15) is 9.59 Å². The average Bonchev–Trinajstić information content (AvgIpc) is 2.41. The van der Waals surface area contributed by atoms with E-state index in [0.717, 1.165) is 9.13 Å². The predicted octanol–water partition coefficient (Wildman–Crippen LogP) is 1.92. The van der Waals surface area contributed by atoms with Gasteiger partial charge >= 0.3 is 5.97 Å². The molecular formula is C14H16INO4. The Hall–Kier alpha value is -1.15. The molecule has 0 spiro atoms. The lowest BCUT2D eigenvalue weighted by Crippen LogP contribution is -2.49. The van der Waals surface area contributed by atoms with Crippen molar-refractivity contribution in [3.63, 3.8) is 0 Å². The van der Waals surface area contributed by atoms with Gasteiger partial charge < -0.3 is 14.7 Å². The number of morpholine rings is 1. The molecule has 5 nitrogen and oxygen atoms in total. The second-order valence-electron chi connectivity index (χ2n) is 4.81. The normalized spacial score (nSPS) is 18.9. The highest BCUT2D eigenvalue weighted by molar-refractivity contribution is 14.1. The van der Waals surface area contributed by atoms with Crippen LogP contribution in [0.4, 0.5) is 0 Å². The minimum absolute atomic E-state index is 0.0892. The molecule has 0 aromatic heterocycles. The second kappa shape index (κ2) is 6.53. The van der Waals surface area contributed by atoms with E-state index in [2.05, 4.69) is 22.6 Å². The van der Waals surface area contributed by atoms with Gasteiger partial charge in [0.2, 0.25) is 0 Å². The number of aryl methyl sites for hydroxylation is 1. The fraction of sp³-hybridized carbons (Fsp3) is 0.429. The van der Waals surface area contributed by atoms with Crippen molar-refractivity contribution < 1.29 is 19.4 Å². The molecule has 1 N–H and O–H groups in total. The Morgan fingerprint density at radius 2 is 2.25 bits per heavy atom. The summed E-state index contributed by atoms with van der Waals surface area (Å²) in [5, 5.41) is 8.94. The van der Waals surface area contributed by atoms with Crippen molar-refractivity contribution in [2.75, 3.05) is 19.8 Å². The van der Waals surface area contributed by atoms with E-state index >= 15 is 0 Å². The Labute approximate surface area is 131 Å². The summed E-state index contributed by atoms with van der Waals surface area (Å²) in [6.45, 7) is 3.09. The molecule has 0 aliphatic carbocycles. The maximum atomic E-state index is 12.6. The van der Waals surface area contributed by atoms with Crippen LogP contribution in [-0.2, 0) is 9.53 Å². The van der Waals surface area contributed by atoms with E-state index in [-0.39, 0.29) is 18.9 Å². The Morgan fingerprint density at radius 3 is 2.95 bits per heavy atom. The molecule has 1 unspecified atom stereocenters. The van der Waals surface area contributed by atoms with Gasteiger partial charge in [-0.3, -0.25) is 9.59 Å². The summed E-state index contributed by atoms with van der Waals surface area (Å²) in [4.78, 5) is 25.2. The SMILES string of the molecule is Cc1ccc(I)c(C(=O)N2CCOCC2CC(=O)O)c1. The first kappa shape index (κ1) is 15.2. The van der Waals surface area contributed by atoms with Gasteiger partial charge in [0.25, 0.3) is 5.91 Å². The van der Waals surface area contributed by atoms with Crippen LogP contribution in [0.1, 0.15) is 22.3 Å². The number of hydrogen-bond donors (Lipinski definition) is 1. The summed E-state index contributed by atoms with van der Waals surface area (Å²) >= 11 is 2.13. The lowest BCUT2D eigenvalue weighted by Gasteiger charge is -2.35. The van der Waals surface area contributed by atoms with Crippen molar-refractivity contribution in [1.82, 2.24) is 4.90 Å². The Morgan fingerprint density at radius 1 is 1.50 bits per heavy atom. The van der Waals surface area contributed by atoms with E-state index in [1.54, 1.807) is 4.90 Å². The summed E-state index contributed by atoms with van der Waals surface area (Å²) in [5.74, 6) is -1.04. The van der Waals surface area contributed by atoms with Gasteiger partial charge in [-0.2, -0.15) is 0 Å². The van der Waals surface area contributed by atoms with Crippen LogP contribution >= 0.6 is 22.6 Å². The molecule has 1 atom stereocenters. The number of amides is 1. The number of carboxylic acids is 1.